The van der Waals surface area contributed by atoms with Gasteiger partial charge in [0.15, 0.2) is 0 Å². The van der Waals surface area contributed by atoms with Gasteiger partial charge in [-0.25, -0.2) is 4.79 Å². The molecule has 0 amide bonds. The maximum absolute atomic E-state index is 12.2. The van der Waals surface area contributed by atoms with Crippen molar-refractivity contribution in [2.24, 2.45) is 0 Å². The second-order valence-corrected chi connectivity index (χ2v) is 5.52. The molecule has 5 nitrogen and oxygen atoms in total. The van der Waals surface area contributed by atoms with Gasteiger partial charge in [-0.1, -0.05) is 0 Å². The highest BCUT2D eigenvalue weighted by Gasteiger charge is 2.16. The molecule has 112 valence electrons. The normalized spacial score (nSPS) is 11.3. The summed E-state index contributed by atoms with van der Waals surface area (Å²) in [5.74, 6) is -0.548. The van der Waals surface area contributed by atoms with E-state index in [0.29, 0.717) is 16.7 Å². The standard InChI is InChI=1S/C16H19NO4/c1-9(2)17-8-13(16(19)20)15(18)12-6-5-11(7-14(12)17)21-10(3)4/h5-10H,1-4H3,(H,19,20). The van der Waals surface area contributed by atoms with Gasteiger partial charge in [0.1, 0.15) is 11.3 Å². The topological polar surface area (TPSA) is 68.5 Å². The molecular formula is C16H19NO4. The van der Waals surface area contributed by atoms with Gasteiger partial charge in [-0.05, 0) is 39.8 Å². The molecule has 0 saturated heterocycles. The fourth-order valence-corrected chi connectivity index (χ4v) is 2.25. The molecule has 0 saturated carbocycles. The molecule has 0 radical (unpaired) electrons. The molecule has 21 heavy (non-hydrogen) atoms. The first-order valence-corrected chi connectivity index (χ1v) is 6.90. The summed E-state index contributed by atoms with van der Waals surface area (Å²) in [5.41, 5.74) is -0.00243. The fourth-order valence-electron chi connectivity index (χ4n) is 2.25. The smallest absolute Gasteiger partial charge is 0.341 e. The number of ether oxygens (including phenoxy) is 1. The Bertz CT molecular complexity index is 744. The van der Waals surface area contributed by atoms with Crippen LogP contribution in [0.15, 0.2) is 29.2 Å². The van der Waals surface area contributed by atoms with Crippen molar-refractivity contribution in [2.45, 2.75) is 39.8 Å². The maximum Gasteiger partial charge on any atom is 0.341 e. The van der Waals surface area contributed by atoms with E-state index >= 15 is 0 Å². The fraction of sp³-hybridized carbons (Fsp3) is 0.375. The van der Waals surface area contributed by atoms with Gasteiger partial charge >= 0.3 is 5.97 Å². The van der Waals surface area contributed by atoms with Crippen LogP contribution in [-0.4, -0.2) is 21.7 Å². The molecule has 0 fully saturated rings. The molecule has 0 aliphatic rings. The third kappa shape index (κ3) is 2.91. The van der Waals surface area contributed by atoms with Gasteiger partial charge in [0.2, 0.25) is 5.43 Å². The number of carbonyl (C=O) groups is 1. The van der Waals surface area contributed by atoms with Gasteiger partial charge in [-0.15, -0.1) is 0 Å². The van der Waals surface area contributed by atoms with Crippen molar-refractivity contribution in [3.63, 3.8) is 0 Å². The quantitative estimate of drug-likeness (QED) is 0.939. The Labute approximate surface area is 122 Å². The highest BCUT2D eigenvalue weighted by Crippen LogP contribution is 2.23. The van der Waals surface area contributed by atoms with Gasteiger partial charge < -0.3 is 14.4 Å². The number of pyridine rings is 1. The van der Waals surface area contributed by atoms with Crippen molar-refractivity contribution in [3.8, 4) is 5.75 Å². The van der Waals surface area contributed by atoms with E-state index in [4.69, 9.17) is 9.84 Å². The minimum atomic E-state index is -1.21. The molecule has 0 unspecified atom stereocenters. The summed E-state index contributed by atoms with van der Waals surface area (Å²) in [6.07, 6.45) is 1.43. The minimum Gasteiger partial charge on any atom is -0.491 e. The molecule has 0 atom stereocenters. The average molecular weight is 289 g/mol. The molecule has 2 aromatic rings. The second-order valence-electron chi connectivity index (χ2n) is 5.52. The number of nitrogens with zero attached hydrogens (tertiary/aromatic N) is 1. The number of carboxylic acids is 1. The molecule has 0 spiro atoms. The van der Waals surface area contributed by atoms with E-state index in [1.807, 2.05) is 27.7 Å². The molecule has 1 aromatic heterocycles. The SMILES string of the molecule is CC(C)Oc1ccc2c(=O)c(C(=O)O)cn(C(C)C)c2c1. The van der Waals surface area contributed by atoms with E-state index in [1.54, 1.807) is 22.8 Å². The Morgan fingerprint density at radius 2 is 1.90 bits per heavy atom. The van der Waals surface area contributed by atoms with Gasteiger partial charge in [-0.2, -0.15) is 0 Å². The van der Waals surface area contributed by atoms with Gasteiger partial charge in [0.05, 0.1) is 11.6 Å². The average Bonchev–Trinajstić information content (AvgIpc) is 2.37. The van der Waals surface area contributed by atoms with Crippen LogP contribution in [0.5, 0.6) is 5.75 Å². The number of aromatic carboxylic acids is 1. The van der Waals surface area contributed by atoms with Crippen LogP contribution in [0, 0.1) is 0 Å². The van der Waals surface area contributed by atoms with Crippen LogP contribution in [-0.2, 0) is 0 Å². The van der Waals surface area contributed by atoms with E-state index in [-0.39, 0.29) is 17.7 Å². The van der Waals surface area contributed by atoms with Crippen molar-refractivity contribution >= 4 is 16.9 Å². The number of carboxylic acid groups (broad SMARTS) is 1. The lowest BCUT2D eigenvalue weighted by molar-refractivity contribution is 0.0694. The van der Waals surface area contributed by atoms with Crippen LogP contribution in [0.25, 0.3) is 10.9 Å². The minimum absolute atomic E-state index is 0.0277. The summed E-state index contributed by atoms with van der Waals surface area (Å²) < 4.78 is 7.43. The molecule has 0 bridgehead atoms. The van der Waals surface area contributed by atoms with Crippen LogP contribution in [0.2, 0.25) is 0 Å². The lowest BCUT2D eigenvalue weighted by Gasteiger charge is -2.17. The summed E-state index contributed by atoms with van der Waals surface area (Å²) in [6, 6.07) is 5.13. The van der Waals surface area contributed by atoms with E-state index in [9.17, 15) is 9.59 Å². The zero-order valence-electron chi connectivity index (χ0n) is 12.6. The molecule has 1 aromatic carbocycles. The monoisotopic (exact) mass is 289 g/mol. The number of fused-ring (bicyclic) bond motifs is 1. The number of aromatic nitrogens is 1. The van der Waals surface area contributed by atoms with Crippen molar-refractivity contribution in [1.29, 1.82) is 0 Å². The van der Waals surface area contributed by atoms with Crippen LogP contribution in [0.3, 0.4) is 0 Å². The first-order valence-electron chi connectivity index (χ1n) is 6.90. The van der Waals surface area contributed by atoms with Crippen molar-refractivity contribution in [2.75, 3.05) is 0 Å². The Kier molecular flexibility index (Phi) is 4.02. The Hall–Kier alpha value is -2.30. The molecule has 0 aliphatic heterocycles. The molecule has 1 heterocycles. The first kappa shape index (κ1) is 15.1. The highest BCUT2D eigenvalue weighted by molar-refractivity contribution is 5.92. The van der Waals surface area contributed by atoms with E-state index in [0.717, 1.165) is 0 Å². The predicted molar refractivity (Wildman–Crippen MR) is 81.3 cm³/mol. The summed E-state index contributed by atoms with van der Waals surface area (Å²) in [5, 5.41) is 9.56. The Balaban J connectivity index is 2.78. The van der Waals surface area contributed by atoms with Gasteiger partial charge in [0, 0.05) is 23.7 Å². The lowest BCUT2D eigenvalue weighted by atomic mass is 10.1. The van der Waals surface area contributed by atoms with Crippen LogP contribution in [0.4, 0.5) is 0 Å². The van der Waals surface area contributed by atoms with Crippen LogP contribution in [0.1, 0.15) is 44.1 Å². The largest absolute Gasteiger partial charge is 0.491 e. The number of rotatable bonds is 4. The second kappa shape index (κ2) is 5.60. The van der Waals surface area contributed by atoms with E-state index in [2.05, 4.69) is 0 Å². The third-order valence-corrected chi connectivity index (χ3v) is 3.16. The van der Waals surface area contributed by atoms with E-state index < -0.39 is 11.4 Å². The Morgan fingerprint density at radius 3 is 2.43 bits per heavy atom. The molecule has 5 heteroatoms. The van der Waals surface area contributed by atoms with Crippen molar-refractivity contribution in [3.05, 3.63) is 40.2 Å². The van der Waals surface area contributed by atoms with Crippen LogP contribution >= 0.6 is 0 Å². The Morgan fingerprint density at radius 1 is 1.24 bits per heavy atom. The number of hydrogen-bond donors (Lipinski definition) is 1. The van der Waals surface area contributed by atoms with E-state index in [1.165, 1.54) is 6.20 Å². The predicted octanol–water partition coefficient (Wildman–Crippen LogP) is 3.07. The summed E-state index contributed by atoms with van der Waals surface area (Å²) in [4.78, 5) is 23.5. The number of benzene rings is 1. The van der Waals surface area contributed by atoms with Gasteiger partial charge in [0.25, 0.3) is 0 Å². The summed E-state index contributed by atoms with van der Waals surface area (Å²) in [7, 11) is 0. The molecule has 2 rings (SSSR count). The van der Waals surface area contributed by atoms with Crippen molar-refractivity contribution < 1.29 is 14.6 Å². The number of hydrogen-bond acceptors (Lipinski definition) is 3. The van der Waals surface area contributed by atoms with Gasteiger partial charge in [-0.3, -0.25) is 4.79 Å². The zero-order valence-corrected chi connectivity index (χ0v) is 12.6. The lowest BCUT2D eigenvalue weighted by Crippen LogP contribution is -2.19. The zero-order chi connectivity index (χ0) is 15.7. The maximum atomic E-state index is 12.2. The molecular weight excluding hydrogens is 270 g/mol. The molecule has 1 N–H and O–H groups in total. The van der Waals surface area contributed by atoms with Crippen molar-refractivity contribution in [1.82, 2.24) is 4.57 Å². The summed E-state index contributed by atoms with van der Waals surface area (Å²) in [6.45, 7) is 7.72. The summed E-state index contributed by atoms with van der Waals surface area (Å²) >= 11 is 0. The first-order chi connectivity index (χ1) is 9.81. The highest BCUT2D eigenvalue weighted by atomic mass is 16.5. The molecule has 0 aliphatic carbocycles. The van der Waals surface area contributed by atoms with Crippen LogP contribution < -0.4 is 10.2 Å². The third-order valence-electron chi connectivity index (χ3n) is 3.16.